The zero-order chi connectivity index (χ0) is 20.6. The maximum absolute atomic E-state index is 13.4. The summed E-state index contributed by atoms with van der Waals surface area (Å²) < 4.78 is 44.5. The molecule has 29 heavy (non-hydrogen) atoms. The third-order valence-electron chi connectivity index (χ3n) is 5.89. The minimum Gasteiger partial charge on any atom is -0.405 e. The van der Waals surface area contributed by atoms with Crippen LogP contribution in [-0.2, 0) is 26.4 Å². The second kappa shape index (κ2) is 7.72. The number of amides is 1. The molecule has 0 unspecified atom stereocenters. The summed E-state index contributed by atoms with van der Waals surface area (Å²) in [7, 11) is 1.90. The minimum absolute atomic E-state index is 0.000465. The number of aryl methyl sites for hydroxylation is 1. The number of ether oxygens (including phenoxy) is 1. The van der Waals surface area contributed by atoms with Crippen molar-refractivity contribution in [2.75, 3.05) is 0 Å². The summed E-state index contributed by atoms with van der Waals surface area (Å²) in [6.07, 6.45) is 1.83. The zero-order valence-electron chi connectivity index (χ0n) is 16.3. The largest absolute Gasteiger partial charge is 0.573 e. The van der Waals surface area contributed by atoms with Crippen molar-refractivity contribution >= 4 is 5.91 Å². The molecule has 0 atom stereocenters. The van der Waals surface area contributed by atoms with Gasteiger partial charge in [0.1, 0.15) is 5.75 Å². The Morgan fingerprint density at radius 2 is 1.93 bits per heavy atom. The SMILES string of the molecule is Cn1nc(CN(C(=O)c2ccccc2OC(F)(F)F)C2CCCC2)c2c1CCC2. The van der Waals surface area contributed by atoms with Crippen molar-refractivity contribution in [3.63, 3.8) is 0 Å². The van der Waals surface area contributed by atoms with E-state index in [-0.39, 0.29) is 11.6 Å². The van der Waals surface area contributed by atoms with Gasteiger partial charge in [-0.1, -0.05) is 25.0 Å². The number of carbonyl (C=O) groups excluding carboxylic acids is 1. The fourth-order valence-corrected chi connectivity index (χ4v) is 4.58. The Kier molecular flexibility index (Phi) is 5.27. The van der Waals surface area contributed by atoms with Crippen LogP contribution in [0.2, 0.25) is 0 Å². The third kappa shape index (κ3) is 4.11. The van der Waals surface area contributed by atoms with Gasteiger partial charge in [0.15, 0.2) is 0 Å². The van der Waals surface area contributed by atoms with E-state index >= 15 is 0 Å². The molecule has 0 saturated heterocycles. The molecule has 1 heterocycles. The molecule has 0 N–H and O–H groups in total. The molecule has 5 nitrogen and oxygen atoms in total. The Labute approximate surface area is 167 Å². The summed E-state index contributed by atoms with van der Waals surface area (Å²) in [5.74, 6) is -0.895. The van der Waals surface area contributed by atoms with Crippen LogP contribution < -0.4 is 4.74 Å². The molecule has 8 heteroatoms. The summed E-state index contributed by atoms with van der Waals surface area (Å²) in [4.78, 5) is 15.1. The van der Waals surface area contributed by atoms with Crippen molar-refractivity contribution in [3.8, 4) is 5.75 Å². The molecule has 1 saturated carbocycles. The van der Waals surface area contributed by atoms with Crippen LogP contribution >= 0.6 is 0 Å². The minimum atomic E-state index is -4.85. The van der Waals surface area contributed by atoms with Crippen LogP contribution in [-0.4, -0.2) is 33.0 Å². The Bertz CT molecular complexity index is 901. The van der Waals surface area contributed by atoms with Crippen LogP contribution in [0.5, 0.6) is 5.75 Å². The molecule has 1 aromatic heterocycles. The fraction of sp³-hybridized carbons (Fsp3) is 0.524. The smallest absolute Gasteiger partial charge is 0.405 e. The van der Waals surface area contributed by atoms with Crippen molar-refractivity contribution in [2.45, 2.75) is 63.9 Å². The quantitative estimate of drug-likeness (QED) is 0.739. The fourth-order valence-electron chi connectivity index (χ4n) is 4.58. The molecule has 0 spiro atoms. The van der Waals surface area contributed by atoms with Gasteiger partial charge in [-0.2, -0.15) is 5.10 Å². The summed E-state index contributed by atoms with van der Waals surface area (Å²) in [5.41, 5.74) is 3.17. The first-order valence-electron chi connectivity index (χ1n) is 10.0. The van der Waals surface area contributed by atoms with Crippen LogP contribution in [0.25, 0.3) is 0 Å². The van der Waals surface area contributed by atoms with Crippen LogP contribution in [0.3, 0.4) is 0 Å². The monoisotopic (exact) mass is 407 g/mol. The maximum Gasteiger partial charge on any atom is 0.573 e. The number of rotatable bonds is 5. The molecule has 4 rings (SSSR count). The van der Waals surface area contributed by atoms with E-state index in [4.69, 9.17) is 0 Å². The second-order valence-electron chi connectivity index (χ2n) is 7.76. The topological polar surface area (TPSA) is 47.4 Å². The van der Waals surface area contributed by atoms with Gasteiger partial charge in [-0.15, -0.1) is 13.2 Å². The van der Waals surface area contributed by atoms with Crippen molar-refractivity contribution in [2.24, 2.45) is 7.05 Å². The van der Waals surface area contributed by atoms with Gasteiger partial charge in [0.25, 0.3) is 5.91 Å². The lowest BCUT2D eigenvalue weighted by atomic mass is 10.1. The average Bonchev–Trinajstić information content (AvgIpc) is 3.39. The van der Waals surface area contributed by atoms with Crippen molar-refractivity contribution in [3.05, 3.63) is 46.8 Å². The predicted octanol–water partition coefficient (Wildman–Crippen LogP) is 4.39. The molecule has 2 aliphatic rings. The highest BCUT2D eigenvalue weighted by atomic mass is 19.4. The Balaban J connectivity index is 1.66. The molecule has 0 aliphatic heterocycles. The van der Waals surface area contributed by atoms with E-state index in [1.165, 1.54) is 29.5 Å². The highest BCUT2D eigenvalue weighted by molar-refractivity contribution is 5.97. The lowest BCUT2D eigenvalue weighted by Crippen LogP contribution is -2.39. The Hall–Kier alpha value is -2.51. The molecule has 0 radical (unpaired) electrons. The molecular formula is C21H24F3N3O2. The first-order chi connectivity index (χ1) is 13.8. The van der Waals surface area contributed by atoms with Gasteiger partial charge in [0.05, 0.1) is 17.8 Å². The number of hydrogen-bond acceptors (Lipinski definition) is 3. The molecule has 2 aliphatic carbocycles. The van der Waals surface area contributed by atoms with Gasteiger partial charge < -0.3 is 9.64 Å². The molecule has 1 amide bonds. The number of halogens is 3. The van der Waals surface area contributed by atoms with Gasteiger partial charge in [-0.05, 0) is 49.8 Å². The number of nitrogens with zero attached hydrogens (tertiary/aromatic N) is 3. The van der Waals surface area contributed by atoms with E-state index < -0.39 is 18.0 Å². The van der Waals surface area contributed by atoms with Gasteiger partial charge in [0, 0.05) is 18.8 Å². The van der Waals surface area contributed by atoms with E-state index in [0.29, 0.717) is 6.54 Å². The second-order valence-corrected chi connectivity index (χ2v) is 7.76. The average molecular weight is 407 g/mol. The third-order valence-corrected chi connectivity index (χ3v) is 5.89. The first kappa shape index (κ1) is 19.8. The molecule has 1 fully saturated rings. The maximum atomic E-state index is 13.4. The van der Waals surface area contributed by atoms with E-state index in [1.54, 1.807) is 11.0 Å². The van der Waals surface area contributed by atoms with Crippen LogP contribution in [0.1, 0.15) is 59.4 Å². The van der Waals surface area contributed by atoms with Crippen molar-refractivity contribution < 1.29 is 22.7 Å². The van der Waals surface area contributed by atoms with Crippen molar-refractivity contribution in [1.82, 2.24) is 14.7 Å². The van der Waals surface area contributed by atoms with E-state index in [0.717, 1.165) is 50.6 Å². The van der Waals surface area contributed by atoms with Crippen molar-refractivity contribution in [1.29, 1.82) is 0 Å². The number of para-hydroxylation sites is 1. The molecular weight excluding hydrogens is 383 g/mol. The standard InChI is InChI=1S/C21H24F3N3O2/c1-26-18-11-6-10-15(18)17(25-26)13-27(14-7-2-3-8-14)20(28)16-9-4-5-12-19(16)29-21(22,23)24/h4-5,9,12,14H,2-3,6-8,10-11,13H2,1H3. The normalized spacial score (nSPS) is 16.8. The van der Waals surface area contributed by atoms with E-state index in [2.05, 4.69) is 9.84 Å². The number of benzene rings is 1. The lowest BCUT2D eigenvalue weighted by molar-refractivity contribution is -0.274. The van der Waals surface area contributed by atoms with Gasteiger partial charge in [-0.25, -0.2) is 0 Å². The van der Waals surface area contributed by atoms with Crippen LogP contribution in [0.4, 0.5) is 13.2 Å². The van der Waals surface area contributed by atoms with E-state index in [9.17, 15) is 18.0 Å². The zero-order valence-corrected chi connectivity index (χ0v) is 16.3. The number of hydrogen-bond donors (Lipinski definition) is 0. The predicted molar refractivity (Wildman–Crippen MR) is 100 cm³/mol. The molecule has 2 aromatic rings. The first-order valence-corrected chi connectivity index (χ1v) is 10.0. The molecule has 156 valence electrons. The van der Waals surface area contributed by atoms with Crippen LogP contribution in [0, 0.1) is 0 Å². The Morgan fingerprint density at radius 3 is 2.66 bits per heavy atom. The van der Waals surface area contributed by atoms with E-state index in [1.807, 2.05) is 11.7 Å². The number of carbonyl (C=O) groups is 1. The lowest BCUT2D eigenvalue weighted by Gasteiger charge is -2.29. The summed E-state index contributed by atoms with van der Waals surface area (Å²) in [5, 5.41) is 4.61. The summed E-state index contributed by atoms with van der Waals surface area (Å²) in [6.45, 7) is 0.313. The molecule has 0 bridgehead atoms. The highest BCUT2D eigenvalue weighted by Crippen LogP contribution is 2.33. The highest BCUT2D eigenvalue weighted by Gasteiger charge is 2.35. The van der Waals surface area contributed by atoms with Gasteiger partial charge in [0.2, 0.25) is 0 Å². The number of fused-ring (bicyclic) bond motifs is 1. The number of aromatic nitrogens is 2. The summed E-state index contributed by atoms with van der Waals surface area (Å²) in [6, 6.07) is 5.58. The number of alkyl halides is 3. The van der Waals surface area contributed by atoms with Gasteiger partial charge in [-0.3, -0.25) is 9.48 Å². The van der Waals surface area contributed by atoms with Gasteiger partial charge >= 0.3 is 6.36 Å². The molecule has 1 aromatic carbocycles. The summed E-state index contributed by atoms with van der Waals surface area (Å²) >= 11 is 0. The Morgan fingerprint density at radius 1 is 1.21 bits per heavy atom. The van der Waals surface area contributed by atoms with Crippen LogP contribution in [0.15, 0.2) is 24.3 Å².